The van der Waals surface area contributed by atoms with Crippen LogP contribution in [0, 0.1) is 0 Å². The highest BCUT2D eigenvalue weighted by Gasteiger charge is 2.13. The number of hydrogen-bond acceptors (Lipinski definition) is 5. The quantitative estimate of drug-likeness (QED) is 0.408. The maximum Gasteiger partial charge on any atom is 0.264 e. The molecule has 6 nitrogen and oxygen atoms in total. The standard InChI is InChI=1S/C6H14N2O4S2/c1-13-6(8-5(9)4-7)2-3-14(10,11)12/h6H,2-4,7H2,1H3,(H,8,9)(H,10,11,12). The van der Waals surface area contributed by atoms with Gasteiger partial charge in [0.2, 0.25) is 5.91 Å². The molecule has 8 heteroatoms. The van der Waals surface area contributed by atoms with Gasteiger partial charge in [0.25, 0.3) is 10.1 Å². The fraction of sp³-hybridized carbons (Fsp3) is 0.833. The Labute approximate surface area is 87.4 Å². The predicted octanol–water partition coefficient (Wildman–Crippen LogP) is -0.972. The average Bonchev–Trinajstić information content (AvgIpc) is 2.10. The minimum absolute atomic E-state index is 0.136. The van der Waals surface area contributed by atoms with Gasteiger partial charge in [0.1, 0.15) is 0 Å². The first-order valence-electron chi connectivity index (χ1n) is 3.86. The van der Waals surface area contributed by atoms with Gasteiger partial charge in [-0.25, -0.2) is 0 Å². The fourth-order valence-electron chi connectivity index (χ4n) is 0.743. The number of nitrogens with one attached hydrogen (secondary N) is 1. The SMILES string of the molecule is CSC(CCS(=O)(=O)O)NC(=O)CN. The molecule has 84 valence electrons. The van der Waals surface area contributed by atoms with Crippen molar-refractivity contribution in [1.29, 1.82) is 0 Å². The molecule has 4 N–H and O–H groups in total. The van der Waals surface area contributed by atoms with E-state index in [1.807, 2.05) is 0 Å². The summed E-state index contributed by atoms with van der Waals surface area (Å²) in [5.74, 6) is -0.719. The first-order valence-corrected chi connectivity index (χ1v) is 6.76. The zero-order chi connectivity index (χ0) is 11.2. The first-order chi connectivity index (χ1) is 6.39. The molecule has 0 aliphatic heterocycles. The summed E-state index contributed by atoms with van der Waals surface area (Å²) in [6.45, 7) is -0.136. The number of hydrogen-bond donors (Lipinski definition) is 3. The van der Waals surface area contributed by atoms with Gasteiger partial charge < -0.3 is 11.1 Å². The van der Waals surface area contributed by atoms with E-state index >= 15 is 0 Å². The van der Waals surface area contributed by atoms with Gasteiger partial charge in [-0.05, 0) is 12.7 Å². The molecular formula is C6H14N2O4S2. The molecule has 0 rings (SSSR count). The van der Waals surface area contributed by atoms with Gasteiger partial charge in [0.05, 0.1) is 17.7 Å². The molecule has 0 radical (unpaired) electrons. The third-order valence-corrected chi connectivity index (χ3v) is 3.10. The van der Waals surface area contributed by atoms with E-state index < -0.39 is 10.1 Å². The Hall–Kier alpha value is -0.310. The van der Waals surface area contributed by atoms with Crippen molar-refractivity contribution in [2.45, 2.75) is 11.8 Å². The van der Waals surface area contributed by atoms with E-state index in [2.05, 4.69) is 5.32 Å². The van der Waals surface area contributed by atoms with Crippen LogP contribution in [0.15, 0.2) is 0 Å². The molecule has 0 heterocycles. The van der Waals surface area contributed by atoms with Gasteiger partial charge >= 0.3 is 0 Å². The molecule has 0 spiro atoms. The summed E-state index contributed by atoms with van der Waals surface area (Å²) in [5, 5.41) is 2.17. The summed E-state index contributed by atoms with van der Waals surface area (Å²) < 4.78 is 29.3. The van der Waals surface area contributed by atoms with Gasteiger partial charge in [-0.3, -0.25) is 9.35 Å². The number of amides is 1. The zero-order valence-electron chi connectivity index (χ0n) is 7.76. The molecule has 1 unspecified atom stereocenters. The zero-order valence-corrected chi connectivity index (χ0v) is 9.40. The van der Waals surface area contributed by atoms with Crippen LogP contribution < -0.4 is 11.1 Å². The molecule has 1 amide bonds. The van der Waals surface area contributed by atoms with E-state index in [0.717, 1.165) is 0 Å². The Morgan fingerprint density at radius 2 is 2.21 bits per heavy atom. The molecule has 0 aromatic heterocycles. The lowest BCUT2D eigenvalue weighted by Gasteiger charge is -2.14. The summed E-state index contributed by atoms with van der Waals surface area (Å²) in [6, 6.07) is 0. The molecule has 1 atom stereocenters. The lowest BCUT2D eigenvalue weighted by molar-refractivity contribution is -0.119. The lowest BCUT2D eigenvalue weighted by Crippen LogP contribution is -2.37. The highest BCUT2D eigenvalue weighted by Crippen LogP contribution is 2.08. The summed E-state index contributed by atoms with van der Waals surface area (Å²) in [5.41, 5.74) is 5.07. The Bertz CT molecular complexity index is 278. The molecule has 0 aromatic carbocycles. The molecule has 0 aliphatic carbocycles. The van der Waals surface area contributed by atoms with Crippen LogP contribution in [-0.2, 0) is 14.9 Å². The van der Waals surface area contributed by atoms with Crippen molar-refractivity contribution in [1.82, 2.24) is 5.32 Å². The smallest absolute Gasteiger partial charge is 0.264 e. The van der Waals surface area contributed by atoms with Crippen LogP contribution in [0.5, 0.6) is 0 Å². The minimum atomic E-state index is -3.97. The molecule has 0 saturated heterocycles. The second kappa shape index (κ2) is 6.23. The van der Waals surface area contributed by atoms with E-state index in [1.165, 1.54) is 11.8 Å². The summed E-state index contributed by atoms with van der Waals surface area (Å²) in [4.78, 5) is 10.8. The number of thioether (sulfide) groups is 1. The molecule has 14 heavy (non-hydrogen) atoms. The first kappa shape index (κ1) is 13.7. The normalized spacial score (nSPS) is 13.6. The van der Waals surface area contributed by atoms with E-state index in [4.69, 9.17) is 10.3 Å². The topological polar surface area (TPSA) is 109 Å². The van der Waals surface area contributed by atoms with Gasteiger partial charge in [-0.2, -0.15) is 8.42 Å². The van der Waals surface area contributed by atoms with Crippen LogP contribution in [0.3, 0.4) is 0 Å². The Kier molecular flexibility index (Phi) is 6.09. The van der Waals surface area contributed by atoms with Crippen molar-refractivity contribution in [2.75, 3.05) is 18.6 Å². The molecular weight excluding hydrogens is 228 g/mol. The van der Waals surface area contributed by atoms with Crippen LogP contribution in [0.4, 0.5) is 0 Å². The number of rotatable bonds is 6. The second-order valence-corrected chi connectivity index (χ2v) is 5.18. The minimum Gasteiger partial charge on any atom is -0.343 e. The predicted molar refractivity (Wildman–Crippen MR) is 55.5 cm³/mol. The maximum absolute atomic E-state index is 10.8. The summed E-state index contributed by atoms with van der Waals surface area (Å²) in [6.07, 6.45) is 1.89. The van der Waals surface area contributed by atoms with Crippen molar-refractivity contribution >= 4 is 27.8 Å². The van der Waals surface area contributed by atoms with E-state index in [0.29, 0.717) is 0 Å². The Balaban J connectivity index is 3.98. The third-order valence-electron chi connectivity index (χ3n) is 1.43. The fourth-order valence-corrected chi connectivity index (χ4v) is 2.03. The largest absolute Gasteiger partial charge is 0.343 e. The highest BCUT2D eigenvalue weighted by atomic mass is 32.2. The average molecular weight is 242 g/mol. The van der Waals surface area contributed by atoms with Crippen LogP contribution in [0.2, 0.25) is 0 Å². The number of carbonyl (C=O) groups excluding carboxylic acids is 1. The van der Waals surface area contributed by atoms with Crippen molar-refractivity contribution in [2.24, 2.45) is 5.73 Å². The molecule has 0 bridgehead atoms. The number of nitrogens with two attached hydrogens (primary N) is 1. The van der Waals surface area contributed by atoms with Crippen molar-refractivity contribution in [3.8, 4) is 0 Å². The highest BCUT2D eigenvalue weighted by molar-refractivity contribution is 7.99. The number of carbonyl (C=O) groups is 1. The van der Waals surface area contributed by atoms with Crippen molar-refractivity contribution in [3.05, 3.63) is 0 Å². The lowest BCUT2D eigenvalue weighted by atomic mass is 10.4. The monoisotopic (exact) mass is 242 g/mol. The maximum atomic E-state index is 10.8. The Morgan fingerprint density at radius 1 is 1.64 bits per heavy atom. The van der Waals surface area contributed by atoms with Crippen molar-refractivity contribution < 1.29 is 17.8 Å². The second-order valence-electron chi connectivity index (χ2n) is 2.57. The Morgan fingerprint density at radius 3 is 2.57 bits per heavy atom. The molecule has 0 aliphatic rings. The van der Waals surface area contributed by atoms with Crippen molar-refractivity contribution in [3.63, 3.8) is 0 Å². The van der Waals surface area contributed by atoms with E-state index in [1.54, 1.807) is 6.26 Å². The molecule has 0 aromatic rings. The van der Waals surface area contributed by atoms with Crippen LogP contribution in [0.25, 0.3) is 0 Å². The van der Waals surface area contributed by atoms with Gasteiger partial charge in [0.15, 0.2) is 0 Å². The van der Waals surface area contributed by atoms with Gasteiger partial charge in [-0.15, -0.1) is 11.8 Å². The molecule has 0 fully saturated rings. The molecule has 0 saturated carbocycles. The van der Waals surface area contributed by atoms with Crippen LogP contribution in [-0.4, -0.2) is 42.8 Å². The van der Waals surface area contributed by atoms with E-state index in [9.17, 15) is 13.2 Å². The van der Waals surface area contributed by atoms with E-state index in [-0.39, 0.29) is 30.0 Å². The van der Waals surface area contributed by atoms with Gasteiger partial charge in [0, 0.05) is 0 Å². The summed E-state index contributed by atoms with van der Waals surface area (Å²) >= 11 is 1.29. The van der Waals surface area contributed by atoms with Crippen LogP contribution >= 0.6 is 11.8 Å². The summed E-state index contributed by atoms with van der Waals surface area (Å²) in [7, 11) is -3.97. The third kappa shape index (κ3) is 7.13. The van der Waals surface area contributed by atoms with Crippen LogP contribution in [0.1, 0.15) is 6.42 Å². The van der Waals surface area contributed by atoms with Gasteiger partial charge in [-0.1, -0.05) is 0 Å².